The molecule has 5 nitrogen and oxygen atoms in total. The summed E-state index contributed by atoms with van der Waals surface area (Å²) < 4.78 is 7.48. The van der Waals surface area contributed by atoms with Crippen LogP contribution in [0.25, 0.3) is 10.6 Å². The van der Waals surface area contributed by atoms with Crippen molar-refractivity contribution < 1.29 is 9.21 Å². The van der Waals surface area contributed by atoms with Gasteiger partial charge in [-0.2, -0.15) is 5.10 Å². The zero-order valence-corrected chi connectivity index (χ0v) is 15.2. The van der Waals surface area contributed by atoms with E-state index in [0.717, 1.165) is 11.5 Å². The first-order valence-electron chi connectivity index (χ1n) is 8.58. The number of amides is 1. The van der Waals surface area contributed by atoms with E-state index in [1.54, 1.807) is 17.4 Å². The lowest BCUT2D eigenvalue weighted by Crippen LogP contribution is -2.28. The number of hydrogen-bond acceptors (Lipinski definition) is 4. The van der Waals surface area contributed by atoms with Gasteiger partial charge in [0.05, 0.1) is 17.0 Å². The summed E-state index contributed by atoms with van der Waals surface area (Å²) in [4.78, 5) is 13.5. The second-order valence-electron chi connectivity index (χ2n) is 6.51. The summed E-state index contributed by atoms with van der Waals surface area (Å²) >= 11 is 1.70. The largest absolute Gasteiger partial charge is 0.466 e. The fourth-order valence-corrected chi connectivity index (χ4v) is 3.77. The van der Waals surface area contributed by atoms with Crippen LogP contribution in [-0.4, -0.2) is 22.2 Å². The Morgan fingerprint density at radius 3 is 2.88 bits per heavy atom. The molecule has 130 valence electrons. The Balaban J connectivity index is 1.44. The maximum absolute atomic E-state index is 12.3. The molecule has 0 atom stereocenters. The fourth-order valence-electron chi connectivity index (χ4n) is 3.09. The molecule has 1 fully saturated rings. The molecule has 1 saturated carbocycles. The Hall–Kier alpha value is -2.34. The lowest BCUT2D eigenvalue weighted by Gasteiger charge is -2.08. The van der Waals surface area contributed by atoms with Gasteiger partial charge in [0.2, 0.25) is 0 Å². The second kappa shape index (κ2) is 6.52. The first-order chi connectivity index (χ1) is 12.1. The van der Waals surface area contributed by atoms with Gasteiger partial charge in [-0.05, 0) is 50.3 Å². The molecule has 0 radical (unpaired) electrons. The third kappa shape index (κ3) is 3.39. The van der Waals surface area contributed by atoms with Crippen LogP contribution in [-0.2, 0) is 6.54 Å². The Kier molecular flexibility index (Phi) is 4.21. The summed E-state index contributed by atoms with van der Waals surface area (Å²) in [5.74, 6) is 1.95. The number of aryl methyl sites for hydroxylation is 2. The average Bonchev–Trinajstić information content (AvgIpc) is 2.98. The molecule has 0 aromatic carbocycles. The van der Waals surface area contributed by atoms with Gasteiger partial charge in [0.25, 0.3) is 5.91 Å². The molecule has 4 rings (SSSR count). The lowest BCUT2D eigenvalue weighted by molar-refractivity contribution is 0.0950. The van der Waals surface area contributed by atoms with Crippen LogP contribution in [0.5, 0.6) is 0 Å². The molecule has 1 aliphatic rings. The van der Waals surface area contributed by atoms with E-state index in [0.29, 0.717) is 30.3 Å². The van der Waals surface area contributed by atoms with Crippen molar-refractivity contribution >= 4 is 17.2 Å². The van der Waals surface area contributed by atoms with E-state index in [1.807, 2.05) is 19.9 Å². The van der Waals surface area contributed by atoms with Crippen LogP contribution in [0, 0.1) is 13.8 Å². The molecule has 0 spiro atoms. The summed E-state index contributed by atoms with van der Waals surface area (Å²) in [7, 11) is 0. The van der Waals surface area contributed by atoms with E-state index >= 15 is 0 Å². The molecule has 25 heavy (non-hydrogen) atoms. The highest BCUT2D eigenvalue weighted by molar-refractivity contribution is 7.13. The summed E-state index contributed by atoms with van der Waals surface area (Å²) in [5, 5.41) is 9.81. The van der Waals surface area contributed by atoms with Crippen molar-refractivity contribution in [1.29, 1.82) is 0 Å². The summed E-state index contributed by atoms with van der Waals surface area (Å²) in [5.41, 5.74) is 2.93. The van der Waals surface area contributed by atoms with Crippen molar-refractivity contribution in [1.82, 2.24) is 15.1 Å². The summed E-state index contributed by atoms with van der Waals surface area (Å²) in [6.45, 7) is 4.89. The van der Waals surface area contributed by atoms with Crippen molar-refractivity contribution in [2.45, 2.75) is 39.2 Å². The van der Waals surface area contributed by atoms with Crippen LogP contribution in [0.15, 0.2) is 34.1 Å². The van der Waals surface area contributed by atoms with Crippen molar-refractivity contribution in [3.63, 3.8) is 0 Å². The highest BCUT2D eigenvalue weighted by Crippen LogP contribution is 2.41. The Morgan fingerprint density at radius 1 is 1.40 bits per heavy atom. The molecule has 1 amide bonds. The fraction of sp³-hybridized carbons (Fsp3) is 0.368. The second-order valence-corrected chi connectivity index (χ2v) is 7.46. The molecule has 0 bridgehead atoms. The quantitative estimate of drug-likeness (QED) is 0.723. The molecule has 0 saturated heterocycles. The van der Waals surface area contributed by atoms with Crippen molar-refractivity contribution in [3.05, 3.63) is 52.4 Å². The Bertz CT molecular complexity index is 888. The highest BCUT2D eigenvalue weighted by Gasteiger charge is 2.28. The van der Waals surface area contributed by atoms with Gasteiger partial charge < -0.3 is 9.73 Å². The number of furan rings is 1. The smallest absolute Gasteiger partial charge is 0.254 e. The first kappa shape index (κ1) is 16.1. The molecule has 1 aliphatic carbocycles. The van der Waals surface area contributed by atoms with Crippen LogP contribution in [0.3, 0.4) is 0 Å². The Morgan fingerprint density at radius 2 is 2.24 bits per heavy atom. The molecule has 1 N–H and O–H groups in total. The molecule has 0 aliphatic heterocycles. The third-order valence-electron chi connectivity index (χ3n) is 4.48. The monoisotopic (exact) mass is 355 g/mol. The van der Waals surface area contributed by atoms with Gasteiger partial charge in [0.15, 0.2) is 0 Å². The van der Waals surface area contributed by atoms with Crippen LogP contribution in [0.2, 0.25) is 0 Å². The minimum Gasteiger partial charge on any atom is -0.466 e. The number of hydrogen-bond donors (Lipinski definition) is 1. The minimum atomic E-state index is -0.0899. The molecule has 6 heteroatoms. The Labute approximate surface area is 150 Å². The topological polar surface area (TPSA) is 60.1 Å². The van der Waals surface area contributed by atoms with Crippen LogP contribution < -0.4 is 5.32 Å². The highest BCUT2D eigenvalue weighted by atomic mass is 32.1. The number of carbonyl (C=O) groups excluding carboxylic acids is 1. The SMILES string of the molecule is Cc1cc(C(=O)NCCn2nc(-c3cccs3)cc2C2CC2)c(C)o1. The number of thiophene rings is 1. The van der Waals surface area contributed by atoms with E-state index in [-0.39, 0.29) is 5.91 Å². The van der Waals surface area contributed by atoms with Gasteiger partial charge in [0, 0.05) is 18.2 Å². The van der Waals surface area contributed by atoms with E-state index in [9.17, 15) is 4.79 Å². The van der Waals surface area contributed by atoms with Crippen LogP contribution in [0.1, 0.15) is 46.3 Å². The van der Waals surface area contributed by atoms with E-state index in [4.69, 9.17) is 9.52 Å². The first-order valence-corrected chi connectivity index (χ1v) is 9.46. The number of rotatable bonds is 6. The van der Waals surface area contributed by atoms with E-state index in [2.05, 4.69) is 27.5 Å². The maximum atomic E-state index is 12.3. The molecular formula is C19H21N3O2S. The minimum absolute atomic E-state index is 0.0899. The lowest BCUT2D eigenvalue weighted by atomic mass is 10.2. The number of carbonyl (C=O) groups is 1. The zero-order valence-electron chi connectivity index (χ0n) is 14.4. The van der Waals surface area contributed by atoms with Gasteiger partial charge in [-0.25, -0.2) is 0 Å². The summed E-state index contributed by atoms with van der Waals surface area (Å²) in [6, 6.07) is 8.13. The summed E-state index contributed by atoms with van der Waals surface area (Å²) in [6.07, 6.45) is 2.46. The molecular weight excluding hydrogens is 334 g/mol. The van der Waals surface area contributed by atoms with Gasteiger partial charge in [0.1, 0.15) is 17.2 Å². The van der Waals surface area contributed by atoms with Gasteiger partial charge in [-0.1, -0.05) is 6.07 Å². The predicted octanol–water partition coefficient (Wildman–Crippen LogP) is 4.13. The normalized spacial score (nSPS) is 14.0. The van der Waals surface area contributed by atoms with Crippen LogP contribution in [0.4, 0.5) is 0 Å². The molecule has 3 aromatic rings. The third-order valence-corrected chi connectivity index (χ3v) is 5.37. The molecule has 0 unspecified atom stereocenters. The molecule has 3 heterocycles. The van der Waals surface area contributed by atoms with Crippen LogP contribution >= 0.6 is 11.3 Å². The van der Waals surface area contributed by atoms with E-state index in [1.165, 1.54) is 23.4 Å². The van der Waals surface area contributed by atoms with Gasteiger partial charge in [-0.3, -0.25) is 9.48 Å². The van der Waals surface area contributed by atoms with Gasteiger partial charge in [-0.15, -0.1) is 11.3 Å². The van der Waals surface area contributed by atoms with Crippen molar-refractivity contribution in [2.75, 3.05) is 6.54 Å². The molecule has 3 aromatic heterocycles. The predicted molar refractivity (Wildman–Crippen MR) is 98.0 cm³/mol. The number of nitrogens with zero attached hydrogens (tertiary/aromatic N) is 2. The standard InChI is InChI=1S/C19H21N3O2S/c1-12-10-15(13(2)24-12)19(23)20-7-8-22-17(14-5-6-14)11-16(21-22)18-4-3-9-25-18/h3-4,9-11,14H,5-8H2,1-2H3,(H,20,23). The van der Waals surface area contributed by atoms with Crippen molar-refractivity contribution in [2.24, 2.45) is 0 Å². The van der Waals surface area contributed by atoms with Crippen molar-refractivity contribution in [3.8, 4) is 10.6 Å². The zero-order chi connectivity index (χ0) is 17.4. The number of nitrogens with one attached hydrogen (secondary N) is 1. The number of aromatic nitrogens is 2. The van der Waals surface area contributed by atoms with E-state index < -0.39 is 0 Å². The van der Waals surface area contributed by atoms with Gasteiger partial charge >= 0.3 is 0 Å². The maximum Gasteiger partial charge on any atom is 0.254 e. The average molecular weight is 355 g/mol.